The minimum absolute atomic E-state index is 0. The maximum Gasteiger partial charge on any atom is 1.00 e. The maximum atomic E-state index is 12.0. The molecule has 0 unspecified atom stereocenters. The number of aromatic amines is 2. The summed E-state index contributed by atoms with van der Waals surface area (Å²) in [5.74, 6) is -0.535. The zero-order valence-corrected chi connectivity index (χ0v) is 26.7. The van der Waals surface area contributed by atoms with Gasteiger partial charge in [-0.05, 0) is 71.2 Å². The number of hydrogen-bond acceptors (Lipinski definition) is 10. The molecule has 4 aromatic rings. The van der Waals surface area contributed by atoms with Crippen molar-refractivity contribution in [1.82, 2.24) is 9.97 Å². The summed E-state index contributed by atoms with van der Waals surface area (Å²) in [5, 5.41) is 22.3. The quantitative estimate of drug-likeness (QED) is 0.0768. The van der Waals surface area contributed by atoms with Crippen molar-refractivity contribution in [3.63, 3.8) is 0 Å². The number of aromatic nitrogens is 2. The van der Waals surface area contributed by atoms with Crippen molar-refractivity contribution >= 4 is 39.4 Å². The Morgan fingerprint density at radius 2 is 1.29 bits per heavy atom. The van der Waals surface area contributed by atoms with Gasteiger partial charge in [-0.2, -0.15) is 0 Å². The molecule has 0 saturated carbocycles. The predicted octanol–water partition coefficient (Wildman–Crippen LogP) is 1.89. The molecule has 0 spiro atoms. The third kappa shape index (κ3) is 8.86. The van der Waals surface area contributed by atoms with Gasteiger partial charge < -0.3 is 29.7 Å². The van der Waals surface area contributed by atoms with E-state index in [1.807, 2.05) is 51.1 Å². The number of nitrogens with zero attached hydrogens (tertiary/aromatic N) is 2. The molecule has 0 atom stereocenters. The fourth-order valence-electron chi connectivity index (χ4n) is 3.82. The summed E-state index contributed by atoms with van der Waals surface area (Å²) in [7, 11) is 0. The van der Waals surface area contributed by atoms with Crippen LogP contribution in [0.5, 0.6) is 0 Å². The predicted molar refractivity (Wildman–Crippen MR) is 149 cm³/mol. The Morgan fingerprint density at radius 1 is 0.833 bits per heavy atom. The Labute approximate surface area is 264 Å². The van der Waals surface area contributed by atoms with E-state index in [1.54, 1.807) is 32.9 Å². The number of hydrogen-bond donors (Lipinski definition) is 2. The average molecular weight is 593 g/mol. The molecule has 42 heavy (non-hydrogen) atoms. The normalized spacial score (nSPS) is 10.7. The number of H-pyrrole nitrogens is 2. The Hall–Kier alpha value is -3.78. The molecule has 14 heteroatoms. The number of fused-ring (bicyclic) bond motifs is 2. The molecule has 0 aliphatic carbocycles. The second kappa shape index (κ2) is 16.0. The van der Waals surface area contributed by atoms with Crippen LogP contribution in [0.2, 0.25) is 0 Å². The van der Waals surface area contributed by atoms with Gasteiger partial charge in [0.1, 0.15) is 16.2 Å². The number of carbonyl (C=O) groups is 2. The van der Waals surface area contributed by atoms with E-state index in [9.17, 15) is 19.7 Å². The number of nitro benzene ring substituents is 1. The monoisotopic (exact) mass is 592 g/mol. The molecule has 0 bridgehead atoms. The molecule has 0 saturated heterocycles. The van der Waals surface area contributed by atoms with E-state index in [-0.39, 0.29) is 47.2 Å². The van der Waals surface area contributed by atoms with E-state index in [2.05, 4.69) is 15.0 Å². The molecule has 0 amide bonds. The van der Waals surface area contributed by atoms with E-state index in [0.29, 0.717) is 24.3 Å². The van der Waals surface area contributed by atoms with Gasteiger partial charge in [0, 0.05) is 39.9 Å². The first-order valence-corrected chi connectivity index (χ1v) is 12.6. The van der Waals surface area contributed by atoms with E-state index < -0.39 is 15.8 Å². The number of para-hydroxylation sites is 1. The first kappa shape index (κ1) is 36.2. The second-order valence-electron chi connectivity index (χ2n) is 9.82. The van der Waals surface area contributed by atoms with Crippen molar-refractivity contribution in [3.8, 4) is 0 Å². The third-order valence-corrected chi connectivity index (χ3v) is 6.29. The number of benzene rings is 2. The Bertz CT molecular complexity index is 1480. The molecule has 220 valence electrons. The van der Waals surface area contributed by atoms with Gasteiger partial charge in [-0.15, -0.1) is 4.91 Å². The average Bonchev–Trinajstić information content (AvgIpc) is 3.59. The standard InChI is InChI=1S/C14H16N2O4.C14H17NO2.HNO3.Na/c1-4-20-13(17)14(2,3)12-8-9-7-10(16(18)19)5-6-11(9)15-12;1-4-17-13(16)14(2,3)12-9-10-7-5-6-8-11(10)15-12;2-1-4-3;/h5-8,15H,4H2,1-3H3;5-9,15H,4H2,1-3H3;3H;/q;;;+1/p-1. The molecule has 0 fully saturated rings. The molecule has 2 aromatic heterocycles. The van der Waals surface area contributed by atoms with E-state index in [4.69, 9.17) is 19.6 Å². The van der Waals surface area contributed by atoms with Crippen LogP contribution in [0.25, 0.3) is 21.8 Å². The molecular formula is C28H33N4NaO9. The van der Waals surface area contributed by atoms with Crippen LogP contribution in [0.15, 0.2) is 59.9 Å². The first-order valence-electron chi connectivity index (χ1n) is 12.6. The van der Waals surface area contributed by atoms with Gasteiger partial charge >= 0.3 is 41.5 Å². The van der Waals surface area contributed by atoms with Crippen LogP contribution in [0.3, 0.4) is 0 Å². The van der Waals surface area contributed by atoms with Gasteiger partial charge in [-0.1, -0.05) is 18.2 Å². The van der Waals surface area contributed by atoms with E-state index in [1.165, 1.54) is 17.5 Å². The van der Waals surface area contributed by atoms with Gasteiger partial charge in [-0.3, -0.25) is 19.7 Å². The number of nitro groups is 1. The smallest absolute Gasteiger partial charge is 0.635 e. The topological polar surface area (TPSA) is 189 Å². The zero-order valence-electron chi connectivity index (χ0n) is 24.7. The van der Waals surface area contributed by atoms with Gasteiger partial charge in [0.15, 0.2) is 0 Å². The third-order valence-electron chi connectivity index (χ3n) is 6.29. The number of esters is 2. The van der Waals surface area contributed by atoms with Crippen LogP contribution in [-0.2, 0) is 34.9 Å². The molecule has 2 N–H and O–H groups in total. The SMILES string of the molecule is CCOC(=O)C(C)(C)c1cc2cc([N+](=O)[O-])ccc2[nH]1.CCOC(=O)C(C)(C)c1cc2ccccc2[nH]1.O=NO[O-].[Na+]. The van der Waals surface area contributed by atoms with Crippen LogP contribution in [0, 0.1) is 15.0 Å². The summed E-state index contributed by atoms with van der Waals surface area (Å²) < 4.78 is 10.2. The van der Waals surface area contributed by atoms with Gasteiger partial charge in [0.25, 0.3) is 5.69 Å². The number of carbonyl (C=O) groups excluding carboxylic acids is 2. The minimum Gasteiger partial charge on any atom is -0.635 e. The zero-order chi connectivity index (χ0) is 30.8. The van der Waals surface area contributed by atoms with Crippen LogP contribution in [0.1, 0.15) is 52.9 Å². The van der Waals surface area contributed by atoms with Crippen LogP contribution < -0.4 is 34.8 Å². The van der Waals surface area contributed by atoms with Gasteiger partial charge in [0.2, 0.25) is 0 Å². The molecule has 2 aromatic carbocycles. The van der Waals surface area contributed by atoms with Crippen molar-refractivity contribution in [2.24, 2.45) is 5.34 Å². The minimum atomic E-state index is -0.830. The summed E-state index contributed by atoms with van der Waals surface area (Å²) in [6.45, 7) is 11.5. The Kier molecular flexibility index (Phi) is 13.8. The number of non-ortho nitro benzene ring substituents is 1. The molecule has 4 rings (SSSR count). The molecule has 13 nitrogen and oxygen atoms in total. The van der Waals surface area contributed by atoms with Gasteiger partial charge in [-0.25, -0.2) is 0 Å². The second-order valence-corrected chi connectivity index (χ2v) is 9.82. The number of nitrogens with one attached hydrogen (secondary N) is 2. The number of rotatable bonds is 8. The summed E-state index contributed by atoms with van der Waals surface area (Å²) >= 11 is 0. The Morgan fingerprint density at radius 3 is 1.71 bits per heavy atom. The van der Waals surface area contributed by atoms with E-state index >= 15 is 0 Å². The molecule has 0 radical (unpaired) electrons. The van der Waals surface area contributed by atoms with Gasteiger partial charge in [0.05, 0.1) is 18.1 Å². The summed E-state index contributed by atoms with van der Waals surface area (Å²) in [5.41, 5.74) is 1.90. The summed E-state index contributed by atoms with van der Waals surface area (Å²) in [6.07, 6.45) is 0. The summed E-state index contributed by atoms with van der Waals surface area (Å²) in [6, 6.07) is 16.3. The van der Waals surface area contributed by atoms with Crippen LogP contribution in [-0.4, -0.2) is 40.0 Å². The van der Waals surface area contributed by atoms with Crippen LogP contribution >= 0.6 is 0 Å². The van der Waals surface area contributed by atoms with Crippen molar-refractivity contribution in [3.05, 3.63) is 81.0 Å². The largest absolute Gasteiger partial charge is 1.00 e. The fraction of sp³-hybridized carbons (Fsp3) is 0.357. The first-order chi connectivity index (χ1) is 19.3. The molecular weight excluding hydrogens is 559 g/mol. The molecule has 0 aliphatic rings. The van der Waals surface area contributed by atoms with Crippen molar-refractivity contribution < 1.29 is 63.8 Å². The number of ether oxygens (including phenoxy) is 2. The fourth-order valence-corrected chi connectivity index (χ4v) is 3.82. The van der Waals surface area contributed by atoms with Crippen molar-refractivity contribution in [2.45, 2.75) is 52.4 Å². The Balaban J connectivity index is 0.000000368. The van der Waals surface area contributed by atoms with Crippen LogP contribution in [0.4, 0.5) is 5.69 Å². The van der Waals surface area contributed by atoms with E-state index in [0.717, 1.165) is 22.1 Å². The molecule has 0 aliphatic heterocycles. The van der Waals surface area contributed by atoms with Crippen molar-refractivity contribution in [1.29, 1.82) is 0 Å². The molecule has 2 heterocycles. The maximum absolute atomic E-state index is 12.0. The van der Waals surface area contributed by atoms with Crippen molar-refractivity contribution in [2.75, 3.05) is 13.2 Å². The summed E-state index contributed by atoms with van der Waals surface area (Å²) in [4.78, 5) is 51.3.